The van der Waals surface area contributed by atoms with Crippen LogP contribution in [0.2, 0.25) is 0 Å². The summed E-state index contributed by atoms with van der Waals surface area (Å²) in [5.41, 5.74) is 2.13. The maximum Gasteiger partial charge on any atom is 0.234 e. The van der Waals surface area contributed by atoms with E-state index in [1.165, 1.54) is 35.0 Å². The lowest BCUT2D eigenvalue weighted by Crippen LogP contribution is -2.14. The largest absolute Gasteiger partial charge is 0.497 e. The van der Waals surface area contributed by atoms with Gasteiger partial charge in [0, 0.05) is 22.0 Å². The molecule has 1 aliphatic rings. The van der Waals surface area contributed by atoms with E-state index < -0.39 is 0 Å². The van der Waals surface area contributed by atoms with Crippen molar-refractivity contribution in [1.82, 2.24) is 9.97 Å². The number of nitrogens with zero attached hydrogens (tertiary/aromatic N) is 2. The number of anilines is 1. The first kappa shape index (κ1) is 17.3. The molecule has 26 heavy (non-hydrogen) atoms. The number of fused-ring (bicyclic) bond motifs is 3. The van der Waals surface area contributed by atoms with E-state index >= 15 is 0 Å². The van der Waals surface area contributed by atoms with Crippen molar-refractivity contribution >= 4 is 44.9 Å². The Hall–Kier alpha value is -2.12. The summed E-state index contributed by atoms with van der Waals surface area (Å²) in [7, 11) is 1.61. The van der Waals surface area contributed by atoms with Gasteiger partial charge in [-0.05, 0) is 43.4 Å². The highest BCUT2D eigenvalue weighted by Gasteiger charge is 2.20. The average Bonchev–Trinajstić information content (AvgIpc) is 3.05. The van der Waals surface area contributed by atoms with Crippen LogP contribution in [-0.2, 0) is 17.6 Å². The van der Waals surface area contributed by atoms with Gasteiger partial charge in [0.05, 0.1) is 12.9 Å². The van der Waals surface area contributed by atoms with Gasteiger partial charge in [-0.1, -0.05) is 17.8 Å². The summed E-state index contributed by atoms with van der Waals surface area (Å²) in [6.45, 7) is 0. The van der Waals surface area contributed by atoms with Gasteiger partial charge in [-0.25, -0.2) is 9.97 Å². The molecule has 0 fully saturated rings. The minimum Gasteiger partial charge on any atom is -0.497 e. The van der Waals surface area contributed by atoms with Gasteiger partial charge in [-0.15, -0.1) is 11.3 Å². The first-order valence-corrected chi connectivity index (χ1v) is 10.4. The summed E-state index contributed by atoms with van der Waals surface area (Å²) < 4.78 is 5.19. The summed E-state index contributed by atoms with van der Waals surface area (Å²) in [5.74, 6) is 0.977. The number of aromatic nitrogens is 2. The number of amides is 1. The van der Waals surface area contributed by atoms with Crippen LogP contribution < -0.4 is 10.1 Å². The van der Waals surface area contributed by atoms with Gasteiger partial charge in [-0.3, -0.25) is 4.79 Å². The Bertz CT molecular complexity index is 955. The van der Waals surface area contributed by atoms with Crippen molar-refractivity contribution < 1.29 is 9.53 Å². The van der Waals surface area contributed by atoms with Crippen molar-refractivity contribution in [3.8, 4) is 5.75 Å². The van der Waals surface area contributed by atoms with E-state index in [-0.39, 0.29) is 5.91 Å². The van der Waals surface area contributed by atoms with Crippen molar-refractivity contribution in [2.75, 3.05) is 18.2 Å². The highest BCUT2D eigenvalue weighted by molar-refractivity contribution is 8.00. The van der Waals surface area contributed by atoms with Crippen LogP contribution in [0.5, 0.6) is 5.75 Å². The lowest BCUT2D eigenvalue weighted by molar-refractivity contribution is -0.113. The second-order valence-electron chi connectivity index (χ2n) is 6.14. The van der Waals surface area contributed by atoms with Gasteiger partial charge < -0.3 is 10.1 Å². The summed E-state index contributed by atoms with van der Waals surface area (Å²) in [6.07, 6.45) is 6.29. The molecule has 3 aromatic rings. The molecule has 4 rings (SSSR count). The molecule has 1 aliphatic carbocycles. The number of nitrogens with one attached hydrogen (secondary N) is 1. The van der Waals surface area contributed by atoms with E-state index in [4.69, 9.17) is 4.74 Å². The second kappa shape index (κ2) is 7.63. The van der Waals surface area contributed by atoms with Crippen molar-refractivity contribution in [2.45, 2.75) is 30.7 Å². The maximum absolute atomic E-state index is 12.3. The molecule has 1 aromatic carbocycles. The summed E-state index contributed by atoms with van der Waals surface area (Å²) >= 11 is 3.25. The quantitative estimate of drug-likeness (QED) is 0.524. The zero-order valence-corrected chi connectivity index (χ0v) is 16.1. The molecule has 7 heteroatoms. The highest BCUT2D eigenvalue weighted by atomic mass is 32.2. The van der Waals surface area contributed by atoms with E-state index in [1.807, 2.05) is 18.2 Å². The molecule has 0 saturated carbocycles. The number of hydrogen-bond donors (Lipinski definition) is 1. The Morgan fingerprint density at radius 2 is 2.19 bits per heavy atom. The first-order valence-electron chi connectivity index (χ1n) is 8.56. The Labute approximate surface area is 160 Å². The number of benzene rings is 1. The van der Waals surface area contributed by atoms with Gasteiger partial charge >= 0.3 is 0 Å². The van der Waals surface area contributed by atoms with Crippen molar-refractivity contribution in [3.63, 3.8) is 0 Å². The number of methoxy groups -OCH3 is 1. The topological polar surface area (TPSA) is 64.1 Å². The van der Waals surface area contributed by atoms with Crippen LogP contribution in [0.3, 0.4) is 0 Å². The molecular weight excluding hydrogens is 366 g/mol. The van der Waals surface area contributed by atoms with E-state index in [2.05, 4.69) is 15.3 Å². The molecule has 2 aromatic heterocycles. The molecule has 2 heterocycles. The number of thioether (sulfide) groups is 1. The van der Waals surface area contributed by atoms with Gasteiger partial charge in [0.1, 0.15) is 21.9 Å². The summed E-state index contributed by atoms with van der Waals surface area (Å²) in [6, 6.07) is 7.36. The standard InChI is InChI=1S/C19H19N3O2S2/c1-24-13-6-4-5-12(9-13)22-16(23)10-25-18-17-14-7-2-3-8-15(14)26-19(17)21-11-20-18/h4-6,9,11H,2-3,7-8,10H2,1H3,(H,22,23). The van der Waals surface area contributed by atoms with Crippen molar-refractivity contribution in [2.24, 2.45) is 0 Å². The molecule has 1 amide bonds. The minimum absolute atomic E-state index is 0.0564. The number of rotatable bonds is 5. The fraction of sp³-hybridized carbons (Fsp3) is 0.316. The Kier molecular flexibility index (Phi) is 5.08. The monoisotopic (exact) mass is 385 g/mol. The zero-order valence-electron chi connectivity index (χ0n) is 14.4. The predicted molar refractivity (Wildman–Crippen MR) is 106 cm³/mol. The van der Waals surface area contributed by atoms with Crippen LogP contribution in [-0.4, -0.2) is 28.7 Å². The van der Waals surface area contributed by atoms with Crippen molar-refractivity contribution in [1.29, 1.82) is 0 Å². The average molecular weight is 386 g/mol. The molecular formula is C19H19N3O2S2. The molecule has 0 aliphatic heterocycles. The van der Waals surface area contributed by atoms with Crippen LogP contribution in [0.4, 0.5) is 5.69 Å². The van der Waals surface area contributed by atoms with Gasteiger partial charge in [0.25, 0.3) is 0 Å². The third kappa shape index (κ3) is 3.54. The summed E-state index contributed by atoms with van der Waals surface area (Å²) in [5, 5.41) is 4.98. The lowest BCUT2D eigenvalue weighted by Gasteiger charge is -2.11. The fourth-order valence-electron chi connectivity index (χ4n) is 3.20. The number of ether oxygens (including phenoxy) is 1. The summed E-state index contributed by atoms with van der Waals surface area (Å²) in [4.78, 5) is 23.7. The normalized spacial score (nSPS) is 13.4. The number of aryl methyl sites for hydroxylation is 2. The van der Waals surface area contributed by atoms with E-state index in [0.29, 0.717) is 5.75 Å². The van der Waals surface area contributed by atoms with Crippen LogP contribution in [0.15, 0.2) is 35.6 Å². The number of carbonyl (C=O) groups excluding carboxylic acids is 1. The molecule has 0 radical (unpaired) electrons. The van der Waals surface area contributed by atoms with Crippen molar-refractivity contribution in [3.05, 3.63) is 41.0 Å². The minimum atomic E-state index is -0.0564. The Balaban J connectivity index is 1.49. The lowest BCUT2D eigenvalue weighted by atomic mass is 9.97. The number of thiophene rings is 1. The predicted octanol–water partition coefficient (Wildman–Crippen LogP) is 4.31. The smallest absolute Gasteiger partial charge is 0.234 e. The van der Waals surface area contributed by atoms with E-state index in [9.17, 15) is 4.79 Å². The molecule has 0 saturated heterocycles. The fourth-order valence-corrected chi connectivity index (χ4v) is 5.32. The zero-order chi connectivity index (χ0) is 17.9. The number of carbonyl (C=O) groups is 1. The third-order valence-electron chi connectivity index (χ3n) is 4.41. The van der Waals surface area contributed by atoms with Gasteiger partial charge in [-0.2, -0.15) is 0 Å². The molecule has 5 nitrogen and oxygen atoms in total. The van der Waals surface area contributed by atoms with E-state index in [1.54, 1.807) is 30.8 Å². The van der Waals surface area contributed by atoms with Gasteiger partial charge in [0.2, 0.25) is 5.91 Å². The molecule has 134 valence electrons. The molecule has 1 N–H and O–H groups in total. The first-order chi connectivity index (χ1) is 12.7. The Morgan fingerprint density at radius 3 is 3.08 bits per heavy atom. The van der Waals surface area contributed by atoms with Crippen LogP contribution in [0.1, 0.15) is 23.3 Å². The molecule has 0 unspecified atom stereocenters. The van der Waals surface area contributed by atoms with Gasteiger partial charge in [0.15, 0.2) is 0 Å². The van der Waals surface area contributed by atoms with Crippen LogP contribution in [0.25, 0.3) is 10.2 Å². The Morgan fingerprint density at radius 1 is 1.31 bits per heavy atom. The maximum atomic E-state index is 12.3. The highest BCUT2D eigenvalue weighted by Crippen LogP contribution is 2.39. The molecule has 0 atom stereocenters. The van der Waals surface area contributed by atoms with Crippen LogP contribution >= 0.6 is 23.1 Å². The third-order valence-corrected chi connectivity index (χ3v) is 6.60. The second-order valence-corrected chi connectivity index (χ2v) is 8.19. The molecule has 0 spiro atoms. The number of hydrogen-bond acceptors (Lipinski definition) is 6. The van der Waals surface area contributed by atoms with Crippen LogP contribution in [0, 0.1) is 0 Å². The molecule has 0 bridgehead atoms. The van der Waals surface area contributed by atoms with E-state index in [0.717, 1.165) is 39.5 Å². The SMILES string of the molecule is COc1cccc(NC(=O)CSc2ncnc3sc4c(c23)CCCC4)c1.